The zero-order valence-corrected chi connectivity index (χ0v) is 31.7. The molecule has 55 heavy (non-hydrogen) atoms. The number of anilines is 1. The summed E-state index contributed by atoms with van der Waals surface area (Å²) in [6.07, 6.45) is -4.86. The molecule has 0 aliphatic rings. The van der Waals surface area contributed by atoms with Crippen LogP contribution in [0.1, 0.15) is 29.8 Å². The first-order valence-electron chi connectivity index (χ1n) is 14.9. The Bertz CT molecular complexity index is 2280. The second kappa shape index (κ2) is 18.3. The number of ether oxygens (including phenoxy) is 4. The number of aromatic nitrogens is 3. The van der Waals surface area contributed by atoms with Crippen LogP contribution in [0.5, 0.6) is 23.3 Å². The summed E-state index contributed by atoms with van der Waals surface area (Å²) in [5.41, 5.74) is -1.12. The van der Waals surface area contributed by atoms with Crippen molar-refractivity contribution in [3.63, 3.8) is 0 Å². The average Bonchev–Trinajstić information content (AvgIpc) is 3.12. The van der Waals surface area contributed by atoms with Gasteiger partial charge in [-0.1, -0.05) is 30.1 Å². The van der Waals surface area contributed by atoms with Crippen molar-refractivity contribution < 1.29 is 68.4 Å². The molecule has 0 unspecified atom stereocenters. The quantitative estimate of drug-likeness (QED) is 0.146. The van der Waals surface area contributed by atoms with E-state index in [0.717, 1.165) is 37.4 Å². The first-order chi connectivity index (χ1) is 25.6. The molecule has 4 rings (SSSR count). The van der Waals surface area contributed by atoms with Crippen LogP contribution in [0.4, 0.5) is 23.9 Å². The highest BCUT2D eigenvalue weighted by molar-refractivity contribution is 7.93. The second-order valence-corrected chi connectivity index (χ2v) is 15.0. The van der Waals surface area contributed by atoms with Crippen LogP contribution in [0.2, 0.25) is 10.0 Å². The van der Waals surface area contributed by atoms with Crippen molar-refractivity contribution in [2.45, 2.75) is 36.0 Å². The van der Waals surface area contributed by atoms with Crippen LogP contribution in [0.25, 0.3) is 0 Å². The molecule has 2 amide bonds. The predicted octanol–water partition coefficient (Wildman–Crippen LogP) is 5.63. The normalized spacial score (nSPS) is 11.9. The summed E-state index contributed by atoms with van der Waals surface area (Å²) < 4.78 is 109. The van der Waals surface area contributed by atoms with E-state index in [4.69, 9.17) is 47.3 Å². The minimum Gasteiger partial charge on any atom is -0.481 e. The summed E-state index contributed by atoms with van der Waals surface area (Å²) in [6, 6.07) is 8.81. The Morgan fingerprint density at radius 3 is 2.11 bits per heavy atom. The number of esters is 1. The first-order valence-corrected chi connectivity index (χ1v) is 18.8. The highest BCUT2D eigenvalue weighted by Gasteiger charge is 2.31. The number of hydrogen-bond donors (Lipinski definition) is 3. The number of carboxylic acid groups (broad SMARTS) is 1. The highest BCUT2D eigenvalue weighted by atomic mass is 35.5. The van der Waals surface area contributed by atoms with Gasteiger partial charge in [0.15, 0.2) is 21.0 Å². The van der Waals surface area contributed by atoms with E-state index in [9.17, 15) is 44.4 Å². The molecule has 0 spiro atoms. The van der Waals surface area contributed by atoms with Crippen LogP contribution >= 0.6 is 23.2 Å². The van der Waals surface area contributed by atoms with E-state index in [1.807, 2.05) is 0 Å². The summed E-state index contributed by atoms with van der Waals surface area (Å²) in [4.78, 5) is 45.6. The summed E-state index contributed by atoms with van der Waals surface area (Å²) in [5.74, 6) is -2.91. The Hall–Kier alpha value is -5.45. The Morgan fingerprint density at radius 1 is 0.927 bits per heavy atom. The van der Waals surface area contributed by atoms with Crippen LogP contribution in [0, 0.1) is 0 Å². The number of carbonyl (C=O) groups excluding carboxylic acids is 2. The number of nitrogens with one attached hydrogen (secondary N) is 2. The molecule has 0 saturated heterocycles. The van der Waals surface area contributed by atoms with Gasteiger partial charge in [0.05, 0.1) is 47.2 Å². The van der Waals surface area contributed by atoms with Gasteiger partial charge in [0.1, 0.15) is 16.4 Å². The van der Waals surface area contributed by atoms with E-state index >= 15 is 0 Å². The lowest BCUT2D eigenvalue weighted by Crippen LogP contribution is -2.36. The summed E-state index contributed by atoms with van der Waals surface area (Å²) in [7, 11) is -5.85. The Labute approximate surface area is 320 Å². The monoisotopic (exact) mass is 853 g/mol. The van der Waals surface area contributed by atoms with E-state index in [0.29, 0.717) is 6.07 Å². The number of sulfone groups is 1. The molecule has 2 aromatic carbocycles. The number of aliphatic carboxylic acids is 1. The number of pyridine rings is 1. The minimum atomic E-state index is -4.61. The van der Waals surface area contributed by atoms with E-state index < -0.39 is 65.6 Å². The average molecular weight is 855 g/mol. The van der Waals surface area contributed by atoms with Crippen molar-refractivity contribution in [2.24, 2.45) is 0 Å². The number of halogens is 5. The second-order valence-electron chi connectivity index (χ2n) is 10.3. The van der Waals surface area contributed by atoms with Gasteiger partial charge in [0.25, 0.3) is 10.0 Å². The topological polar surface area (TPSA) is 239 Å². The fourth-order valence-corrected chi connectivity index (χ4v) is 6.79. The Balaban J connectivity index is 0.000000296. The maximum atomic E-state index is 12.7. The van der Waals surface area contributed by atoms with Gasteiger partial charge < -0.3 is 24.1 Å². The largest absolute Gasteiger partial charge is 0.481 e. The number of carboxylic acids is 1. The third kappa shape index (κ3) is 12.0. The van der Waals surface area contributed by atoms with Crippen molar-refractivity contribution in [1.82, 2.24) is 19.7 Å². The Kier molecular flexibility index (Phi) is 14.6. The number of rotatable bonds is 12. The number of hydrogen-bond acceptors (Lipinski definition) is 14. The molecule has 1 atom stereocenters. The zero-order valence-electron chi connectivity index (χ0n) is 28.5. The van der Waals surface area contributed by atoms with E-state index in [2.05, 4.69) is 20.3 Å². The van der Waals surface area contributed by atoms with Crippen molar-refractivity contribution in [1.29, 1.82) is 0 Å². The first kappa shape index (κ1) is 44.0. The predicted molar refractivity (Wildman–Crippen MR) is 187 cm³/mol. The summed E-state index contributed by atoms with van der Waals surface area (Å²) in [5, 5.41) is 9.77. The molecular weight excluding hydrogens is 826 g/mol. The zero-order chi connectivity index (χ0) is 41.3. The number of methoxy groups -OCH3 is 2. The number of sulfonamides is 1. The molecule has 0 saturated carbocycles. The Morgan fingerprint density at radius 2 is 1.56 bits per heavy atom. The molecule has 3 N–H and O–H groups in total. The van der Waals surface area contributed by atoms with Gasteiger partial charge in [0.2, 0.25) is 17.7 Å². The van der Waals surface area contributed by atoms with Gasteiger partial charge in [-0.2, -0.15) is 31.6 Å². The van der Waals surface area contributed by atoms with E-state index in [-0.39, 0.29) is 50.6 Å². The molecule has 0 bridgehead atoms. The van der Waals surface area contributed by atoms with Crippen LogP contribution < -0.4 is 24.2 Å². The molecule has 17 nitrogen and oxygen atoms in total. The molecule has 0 aliphatic carbocycles. The molecule has 296 valence electrons. The SMILES string of the molecule is CCS(=O)(=O)c1cccnc1S(=O)(=O)NC(=O)Nc1nc(OC)cc(OC)n1.C[C@H](OC(=O)c1cc(Oc2ccc(C(F)(F)F)cc2Cl)ccc1Cl)C(=O)O. The smallest absolute Gasteiger partial charge is 0.416 e. The fraction of sp³-hybridized carbons (Fsp3) is 0.226. The number of benzene rings is 2. The van der Waals surface area contributed by atoms with Crippen LogP contribution in [0.15, 0.2) is 70.7 Å². The third-order valence-corrected chi connectivity index (χ3v) is 10.3. The molecule has 0 aliphatic heterocycles. The fourth-order valence-electron chi connectivity index (χ4n) is 3.82. The number of nitrogens with zero attached hydrogens (tertiary/aromatic N) is 3. The lowest BCUT2D eigenvalue weighted by atomic mass is 10.2. The van der Waals surface area contributed by atoms with Crippen molar-refractivity contribution in [2.75, 3.05) is 25.3 Å². The standard InChI is InChI=1S/C17H11Cl2F3O5.C14H17N5O7S2/c1-8(15(23)24)26-16(25)11-7-10(3-4-12(11)18)27-14-5-2-9(6-13(14)19)17(20,21)22;1-4-27(21,22)9-6-5-7-15-12(9)28(23,24)19-14(20)18-13-16-10(25-2)8-11(17-13)26-3/h2-8H,1H3,(H,23,24);5-8H,4H2,1-3H3,(H2,16,17,18,19,20)/t8-;/m0./s1. The number of carbonyl (C=O) groups is 3. The van der Waals surface area contributed by atoms with E-state index in [1.165, 1.54) is 45.4 Å². The number of amides is 2. The molecule has 4 aromatic rings. The third-order valence-electron chi connectivity index (χ3n) is 6.53. The van der Waals surface area contributed by atoms with Crippen molar-refractivity contribution in [3.05, 3.63) is 82.0 Å². The molecule has 2 aromatic heterocycles. The van der Waals surface area contributed by atoms with Crippen molar-refractivity contribution in [3.8, 4) is 23.3 Å². The highest BCUT2D eigenvalue weighted by Crippen LogP contribution is 2.37. The van der Waals surface area contributed by atoms with Gasteiger partial charge >= 0.3 is 24.1 Å². The van der Waals surface area contributed by atoms with Crippen molar-refractivity contribution >= 4 is 67.0 Å². The molecular formula is C31H28Cl2F3N5O12S2. The molecule has 24 heteroatoms. The van der Waals surface area contributed by atoms with Gasteiger partial charge in [0, 0.05) is 6.20 Å². The number of alkyl halides is 3. The maximum Gasteiger partial charge on any atom is 0.416 e. The lowest BCUT2D eigenvalue weighted by Gasteiger charge is -2.13. The van der Waals surface area contributed by atoms with Crippen LogP contribution in [-0.4, -0.2) is 80.9 Å². The van der Waals surface area contributed by atoms with E-state index in [1.54, 1.807) is 4.72 Å². The van der Waals surface area contributed by atoms with Gasteiger partial charge in [-0.05, 0) is 55.5 Å². The minimum absolute atomic E-state index is 0.0246. The van der Waals surface area contributed by atoms with Gasteiger partial charge in [-0.15, -0.1) is 0 Å². The van der Waals surface area contributed by atoms with Crippen LogP contribution in [0.3, 0.4) is 0 Å². The molecule has 2 heterocycles. The molecule has 0 radical (unpaired) electrons. The summed E-state index contributed by atoms with van der Waals surface area (Å²) in [6.45, 7) is 2.52. The van der Waals surface area contributed by atoms with Gasteiger partial charge in [-0.3, -0.25) is 5.32 Å². The maximum absolute atomic E-state index is 12.7. The molecule has 0 fully saturated rings. The number of urea groups is 1. The lowest BCUT2D eigenvalue weighted by molar-refractivity contribution is -0.146. The van der Waals surface area contributed by atoms with Gasteiger partial charge in [-0.25, -0.2) is 32.5 Å². The summed E-state index contributed by atoms with van der Waals surface area (Å²) >= 11 is 11.7. The van der Waals surface area contributed by atoms with Crippen LogP contribution in [-0.2, 0) is 35.6 Å².